The molecule has 4 heteroatoms. The van der Waals surface area contributed by atoms with E-state index in [0.717, 1.165) is 26.6 Å². The van der Waals surface area contributed by atoms with Crippen LogP contribution in [0.4, 0.5) is 0 Å². The molecule has 0 amide bonds. The van der Waals surface area contributed by atoms with Gasteiger partial charge in [-0.15, -0.1) is 0 Å². The average Bonchev–Trinajstić information content (AvgIpc) is 2.90. The Balaban J connectivity index is 2.07. The molecule has 2 aliphatic rings. The summed E-state index contributed by atoms with van der Waals surface area (Å²) in [7, 11) is 1.71. The minimum Gasteiger partial charge on any atom is -0.483 e. The van der Waals surface area contributed by atoms with E-state index in [1.807, 2.05) is 30.4 Å². The lowest BCUT2D eigenvalue weighted by atomic mass is 9.81. The van der Waals surface area contributed by atoms with Gasteiger partial charge < -0.3 is 14.5 Å². The van der Waals surface area contributed by atoms with Crippen LogP contribution in [-0.2, 0) is 15.1 Å². The normalized spacial score (nSPS) is 26.3. The van der Waals surface area contributed by atoms with Crippen LogP contribution in [0.15, 0.2) is 53.2 Å². The number of aromatic nitrogens is 1. The predicted octanol–water partition coefficient (Wildman–Crippen LogP) is 4.27. The monoisotopic (exact) mass is 343 g/mol. The second-order valence-corrected chi connectivity index (χ2v) is 6.04. The quantitative estimate of drug-likeness (QED) is 0.838. The molecule has 1 aliphatic heterocycles. The van der Waals surface area contributed by atoms with E-state index in [1.165, 1.54) is 0 Å². The predicted molar refractivity (Wildman–Crippen MR) is 86.9 cm³/mol. The van der Waals surface area contributed by atoms with Crippen molar-refractivity contribution >= 4 is 32.9 Å². The molecule has 2 heterocycles. The Labute approximate surface area is 131 Å². The van der Waals surface area contributed by atoms with Gasteiger partial charge in [-0.1, -0.05) is 18.2 Å². The Morgan fingerprint density at radius 1 is 1.33 bits per heavy atom. The fraction of sp³-hybridized carbons (Fsp3) is 0.176. The molecule has 0 bridgehead atoms. The largest absolute Gasteiger partial charge is 0.483 e. The summed E-state index contributed by atoms with van der Waals surface area (Å²) < 4.78 is 12.8. The lowest BCUT2D eigenvalue weighted by molar-refractivity contribution is -0.0521. The second-order valence-electron chi connectivity index (χ2n) is 5.19. The molecule has 2 aromatic rings. The van der Waals surface area contributed by atoms with Gasteiger partial charge in [0.05, 0.1) is 11.8 Å². The van der Waals surface area contributed by atoms with E-state index < -0.39 is 5.60 Å². The lowest BCUT2D eigenvalue weighted by Crippen LogP contribution is -2.42. The zero-order valence-electron chi connectivity index (χ0n) is 11.5. The lowest BCUT2D eigenvalue weighted by Gasteiger charge is -2.39. The highest BCUT2D eigenvalue weighted by molar-refractivity contribution is 9.10. The number of halogens is 1. The number of ether oxygens (including phenoxy) is 2. The summed E-state index contributed by atoms with van der Waals surface area (Å²) in [6.07, 6.45) is 11.6. The molecule has 0 saturated heterocycles. The average molecular weight is 344 g/mol. The molecule has 0 saturated carbocycles. The van der Waals surface area contributed by atoms with Crippen LogP contribution in [0.1, 0.15) is 11.3 Å². The third-order valence-electron chi connectivity index (χ3n) is 4.11. The first-order chi connectivity index (χ1) is 10.3. The Morgan fingerprint density at radius 3 is 3.00 bits per heavy atom. The van der Waals surface area contributed by atoms with Gasteiger partial charge in [0.2, 0.25) is 0 Å². The number of H-pyrrole nitrogens is 1. The molecular formula is C17H14BrNO2. The third-order valence-corrected chi connectivity index (χ3v) is 4.77. The Bertz CT molecular complexity index is 802. The molecule has 0 radical (unpaired) electrons. The zero-order chi connectivity index (χ0) is 14.4. The fourth-order valence-electron chi connectivity index (χ4n) is 3.21. The number of rotatable bonds is 1. The van der Waals surface area contributed by atoms with Crippen molar-refractivity contribution in [3.8, 4) is 0 Å². The van der Waals surface area contributed by atoms with Crippen LogP contribution in [0.3, 0.4) is 0 Å². The summed E-state index contributed by atoms with van der Waals surface area (Å²) in [6, 6.07) is 6.18. The number of fused-ring (bicyclic) bond motifs is 4. The van der Waals surface area contributed by atoms with Crippen molar-refractivity contribution in [1.29, 1.82) is 0 Å². The summed E-state index contributed by atoms with van der Waals surface area (Å²) in [4.78, 5) is 3.47. The van der Waals surface area contributed by atoms with Crippen molar-refractivity contribution in [1.82, 2.24) is 4.98 Å². The molecule has 1 aromatic carbocycles. The molecule has 1 aromatic heterocycles. The van der Waals surface area contributed by atoms with Crippen molar-refractivity contribution in [3.05, 3.63) is 64.5 Å². The summed E-state index contributed by atoms with van der Waals surface area (Å²) >= 11 is 3.61. The molecule has 106 valence electrons. The molecule has 1 N–H and O–H groups in total. The van der Waals surface area contributed by atoms with E-state index in [0.29, 0.717) is 0 Å². The summed E-state index contributed by atoms with van der Waals surface area (Å²) in [6.45, 7) is 0. The Morgan fingerprint density at radius 2 is 2.24 bits per heavy atom. The number of nitrogens with one attached hydrogen (secondary N) is 1. The smallest absolute Gasteiger partial charge is 0.184 e. The number of para-hydroxylation sites is 1. The standard InChI is InChI=1S/C17H14BrNO2/c1-20-14-8-7-13-15(17(14)9-2-3-10-21-17)11-5-4-6-12(18)16(11)19-13/h2-10,14,19H,1H3. The highest BCUT2D eigenvalue weighted by atomic mass is 79.9. The first-order valence-corrected chi connectivity index (χ1v) is 7.59. The summed E-state index contributed by atoms with van der Waals surface area (Å²) in [5.74, 6) is 0. The number of allylic oxidation sites excluding steroid dienone is 2. The number of benzene rings is 1. The molecular weight excluding hydrogens is 330 g/mol. The molecule has 1 spiro atoms. The van der Waals surface area contributed by atoms with Gasteiger partial charge >= 0.3 is 0 Å². The van der Waals surface area contributed by atoms with Crippen molar-refractivity contribution in [2.75, 3.05) is 7.11 Å². The SMILES string of the molecule is COC1C=Cc2[nH]c3c(Br)cccc3c2C12C=CC=CO2. The second kappa shape index (κ2) is 4.61. The van der Waals surface area contributed by atoms with Crippen molar-refractivity contribution in [2.45, 2.75) is 11.7 Å². The number of aromatic amines is 1. The van der Waals surface area contributed by atoms with Crippen LogP contribution in [0.2, 0.25) is 0 Å². The third kappa shape index (κ3) is 1.69. The van der Waals surface area contributed by atoms with Crippen LogP contribution in [0, 0.1) is 0 Å². The molecule has 0 fully saturated rings. The molecule has 3 nitrogen and oxygen atoms in total. The van der Waals surface area contributed by atoms with E-state index in [1.54, 1.807) is 13.4 Å². The zero-order valence-corrected chi connectivity index (χ0v) is 13.1. The van der Waals surface area contributed by atoms with Gasteiger partial charge in [-0.3, -0.25) is 0 Å². The highest BCUT2D eigenvalue weighted by Crippen LogP contribution is 2.45. The van der Waals surface area contributed by atoms with Gasteiger partial charge in [-0.2, -0.15) is 0 Å². The van der Waals surface area contributed by atoms with E-state index in [2.05, 4.69) is 39.1 Å². The van der Waals surface area contributed by atoms with E-state index >= 15 is 0 Å². The van der Waals surface area contributed by atoms with Crippen LogP contribution >= 0.6 is 15.9 Å². The summed E-state index contributed by atoms with van der Waals surface area (Å²) in [5, 5.41) is 1.14. The van der Waals surface area contributed by atoms with Gasteiger partial charge in [-0.05, 0) is 46.3 Å². The molecule has 2 atom stereocenters. The van der Waals surface area contributed by atoms with Crippen LogP contribution in [0.5, 0.6) is 0 Å². The minimum atomic E-state index is -0.618. The van der Waals surface area contributed by atoms with E-state index in [9.17, 15) is 0 Å². The van der Waals surface area contributed by atoms with Crippen molar-refractivity contribution in [3.63, 3.8) is 0 Å². The number of hydrogen-bond acceptors (Lipinski definition) is 2. The van der Waals surface area contributed by atoms with Gasteiger partial charge in [0.15, 0.2) is 5.60 Å². The summed E-state index contributed by atoms with van der Waals surface area (Å²) in [5.41, 5.74) is 2.64. The highest BCUT2D eigenvalue weighted by Gasteiger charge is 2.45. The van der Waals surface area contributed by atoms with E-state index in [4.69, 9.17) is 9.47 Å². The maximum Gasteiger partial charge on any atom is 0.184 e. The molecule has 4 rings (SSSR count). The van der Waals surface area contributed by atoms with Crippen molar-refractivity contribution in [2.24, 2.45) is 0 Å². The van der Waals surface area contributed by atoms with Gasteiger partial charge in [0.25, 0.3) is 0 Å². The first kappa shape index (κ1) is 12.9. The molecule has 1 aliphatic carbocycles. The maximum atomic E-state index is 6.06. The van der Waals surface area contributed by atoms with Crippen LogP contribution < -0.4 is 0 Å². The van der Waals surface area contributed by atoms with Gasteiger partial charge in [0, 0.05) is 28.2 Å². The molecule has 21 heavy (non-hydrogen) atoms. The van der Waals surface area contributed by atoms with Gasteiger partial charge in [-0.25, -0.2) is 0 Å². The number of hydrogen-bond donors (Lipinski definition) is 1. The topological polar surface area (TPSA) is 34.2 Å². The minimum absolute atomic E-state index is 0.163. The van der Waals surface area contributed by atoms with E-state index in [-0.39, 0.29) is 6.10 Å². The van der Waals surface area contributed by atoms with Crippen LogP contribution in [0.25, 0.3) is 17.0 Å². The van der Waals surface area contributed by atoms with Crippen LogP contribution in [-0.4, -0.2) is 18.2 Å². The number of methoxy groups -OCH3 is 1. The van der Waals surface area contributed by atoms with Crippen molar-refractivity contribution < 1.29 is 9.47 Å². The fourth-order valence-corrected chi connectivity index (χ4v) is 3.67. The van der Waals surface area contributed by atoms with Gasteiger partial charge in [0.1, 0.15) is 6.10 Å². The Hall–Kier alpha value is -1.78. The molecule has 2 unspecified atom stereocenters. The Kier molecular flexibility index (Phi) is 2.84. The first-order valence-electron chi connectivity index (χ1n) is 6.80. The maximum absolute atomic E-state index is 6.06.